The minimum Gasteiger partial charge on any atom is -0.497 e. The number of nitrogens with two attached hydrogens (primary N) is 1. The van der Waals surface area contributed by atoms with Crippen molar-refractivity contribution in [3.05, 3.63) is 107 Å². The zero-order chi connectivity index (χ0) is 22.3. The van der Waals surface area contributed by atoms with E-state index in [1.54, 1.807) is 19.2 Å². The second-order valence-electron chi connectivity index (χ2n) is 7.36. The van der Waals surface area contributed by atoms with Gasteiger partial charge in [0, 0.05) is 16.9 Å². The summed E-state index contributed by atoms with van der Waals surface area (Å²) in [5.74, 6) is 1.48. The molecule has 1 aromatic heterocycles. The highest BCUT2D eigenvalue weighted by atomic mass is 32.1. The Bertz CT molecular complexity index is 1160. The van der Waals surface area contributed by atoms with Crippen LogP contribution in [-0.2, 0) is 6.42 Å². The van der Waals surface area contributed by atoms with Gasteiger partial charge in [0.05, 0.1) is 12.8 Å². The molecule has 1 heterocycles. The first-order valence-corrected chi connectivity index (χ1v) is 11.1. The van der Waals surface area contributed by atoms with Gasteiger partial charge in [-0.05, 0) is 41.8 Å². The molecule has 32 heavy (non-hydrogen) atoms. The van der Waals surface area contributed by atoms with Gasteiger partial charge < -0.3 is 15.2 Å². The van der Waals surface area contributed by atoms with E-state index in [-0.39, 0.29) is 18.3 Å². The molecule has 0 aliphatic carbocycles. The van der Waals surface area contributed by atoms with Crippen LogP contribution >= 0.6 is 11.3 Å². The van der Waals surface area contributed by atoms with E-state index in [0.717, 1.165) is 23.4 Å². The minimum atomic E-state index is -0.0509. The minimum absolute atomic E-state index is 0.00125. The number of Topliss-reactive ketones (excluding diaryl/α,β-unsaturated/α-hetero) is 1. The van der Waals surface area contributed by atoms with Gasteiger partial charge in [0.1, 0.15) is 11.5 Å². The SMILES string of the molecule is COc1ccc(CC(c2ccc(OCC(=O)c3ccccc3)cc2)c2csc(N)n2)cc1. The number of methoxy groups -OCH3 is 1. The van der Waals surface area contributed by atoms with E-state index < -0.39 is 0 Å². The fourth-order valence-corrected chi connectivity index (χ4v) is 4.12. The molecule has 6 heteroatoms. The normalized spacial score (nSPS) is 11.7. The van der Waals surface area contributed by atoms with Gasteiger partial charge in [0.2, 0.25) is 0 Å². The number of carbonyl (C=O) groups is 1. The fraction of sp³-hybridized carbons (Fsp3) is 0.154. The molecule has 0 spiro atoms. The van der Waals surface area contributed by atoms with E-state index in [1.165, 1.54) is 16.9 Å². The topological polar surface area (TPSA) is 74.4 Å². The van der Waals surface area contributed by atoms with Crippen LogP contribution in [-0.4, -0.2) is 24.5 Å². The number of anilines is 1. The molecule has 0 fully saturated rings. The maximum absolute atomic E-state index is 12.3. The summed E-state index contributed by atoms with van der Waals surface area (Å²) in [6, 6.07) is 25.0. The molecule has 0 saturated heterocycles. The smallest absolute Gasteiger partial charge is 0.200 e. The first-order chi connectivity index (χ1) is 15.6. The van der Waals surface area contributed by atoms with Crippen LogP contribution in [0.4, 0.5) is 5.13 Å². The second kappa shape index (κ2) is 10.1. The Kier molecular flexibility index (Phi) is 6.82. The Morgan fingerprint density at radius 3 is 2.28 bits per heavy atom. The Morgan fingerprint density at radius 2 is 1.66 bits per heavy atom. The highest BCUT2D eigenvalue weighted by molar-refractivity contribution is 7.13. The van der Waals surface area contributed by atoms with Gasteiger partial charge in [-0.3, -0.25) is 4.79 Å². The molecule has 0 saturated carbocycles. The van der Waals surface area contributed by atoms with Crippen LogP contribution in [0.3, 0.4) is 0 Å². The van der Waals surface area contributed by atoms with E-state index in [9.17, 15) is 4.79 Å². The number of nitrogen functional groups attached to an aromatic ring is 1. The van der Waals surface area contributed by atoms with Gasteiger partial charge in [0.25, 0.3) is 0 Å². The number of rotatable bonds is 9. The maximum Gasteiger partial charge on any atom is 0.200 e. The van der Waals surface area contributed by atoms with Gasteiger partial charge in [-0.1, -0.05) is 54.6 Å². The van der Waals surface area contributed by atoms with Crippen molar-refractivity contribution in [2.45, 2.75) is 12.3 Å². The molecular weight excluding hydrogens is 420 g/mol. The summed E-state index contributed by atoms with van der Waals surface area (Å²) in [7, 11) is 1.66. The summed E-state index contributed by atoms with van der Waals surface area (Å²) in [4.78, 5) is 16.8. The predicted octanol–water partition coefficient (Wildman–Crippen LogP) is 5.37. The lowest BCUT2D eigenvalue weighted by molar-refractivity contribution is 0.0921. The number of hydrogen-bond acceptors (Lipinski definition) is 6. The van der Waals surface area contributed by atoms with Gasteiger partial charge >= 0.3 is 0 Å². The highest BCUT2D eigenvalue weighted by Gasteiger charge is 2.18. The maximum atomic E-state index is 12.3. The molecule has 4 rings (SSSR count). The second-order valence-corrected chi connectivity index (χ2v) is 8.25. The molecule has 0 bridgehead atoms. The number of thiazole rings is 1. The van der Waals surface area contributed by atoms with E-state index in [2.05, 4.69) is 17.1 Å². The molecule has 5 nitrogen and oxygen atoms in total. The molecule has 4 aromatic rings. The molecule has 1 unspecified atom stereocenters. The predicted molar refractivity (Wildman–Crippen MR) is 128 cm³/mol. The van der Waals surface area contributed by atoms with E-state index >= 15 is 0 Å². The van der Waals surface area contributed by atoms with Crippen molar-refractivity contribution in [3.8, 4) is 11.5 Å². The van der Waals surface area contributed by atoms with Gasteiger partial charge in [-0.25, -0.2) is 4.98 Å². The summed E-state index contributed by atoms with van der Waals surface area (Å²) in [5, 5.41) is 2.56. The zero-order valence-electron chi connectivity index (χ0n) is 17.7. The summed E-state index contributed by atoms with van der Waals surface area (Å²) < 4.78 is 11.0. The number of nitrogens with zero attached hydrogens (tertiary/aromatic N) is 1. The van der Waals surface area contributed by atoms with Crippen LogP contribution in [0.25, 0.3) is 0 Å². The third-order valence-electron chi connectivity index (χ3n) is 5.24. The molecule has 0 aliphatic rings. The fourth-order valence-electron chi connectivity index (χ4n) is 3.50. The van der Waals surface area contributed by atoms with Gasteiger partial charge in [-0.15, -0.1) is 11.3 Å². The highest BCUT2D eigenvalue weighted by Crippen LogP contribution is 2.31. The largest absolute Gasteiger partial charge is 0.497 e. The van der Waals surface area contributed by atoms with Gasteiger partial charge in [-0.2, -0.15) is 0 Å². The summed E-state index contributed by atoms with van der Waals surface area (Å²) in [6.45, 7) is 0.00125. The van der Waals surface area contributed by atoms with Crippen LogP contribution in [0.5, 0.6) is 11.5 Å². The Morgan fingerprint density at radius 1 is 0.969 bits per heavy atom. The average molecular weight is 445 g/mol. The number of ether oxygens (including phenoxy) is 2. The first kappa shape index (κ1) is 21.6. The molecule has 0 radical (unpaired) electrons. The Hall–Kier alpha value is -3.64. The monoisotopic (exact) mass is 444 g/mol. The van der Waals surface area contributed by atoms with Crippen molar-refractivity contribution in [1.82, 2.24) is 4.98 Å². The standard InChI is InChI=1S/C26H24N2O3S/c1-30-21-11-7-18(8-12-21)15-23(24-17-32-26(27)28-24)19-9-13-22(14-10-19)31-16-25(29)20-5-3-2-4-6-20/h2-14,17,23H,15-16H2,1H3,(H2,27,28). The van der Waals surface area contributed by atoms with Crippen LogP contribution in [0.15, 0.2) is 84.2 Å². The van der Waals surface area contributed by atoms with Gasteiger partial charge in [0.15, 0.2) is 17.5 Å². The summed E-state index contributed by atoms with van der Waals surface area (Å²) in [5.41, 5.74) is 9.77. The number of ketones is 1. The van der Waals surface area contributed by atoms with Crippen LogP contribution in [0.1, 0.15) is 33.1 Å². The van der Waals surface area contributed by atoms with Crippen LogP contribution in [0, 0.1) is 0 Å². The van der Waals surface area contributed by atoms with Crippen molar-refractivity contribution in [1.29, 1.82) is 0 Å². The van der Waals surface area contributed by atoms with E-state index in [4.69, 9.17) is 15.2 Å². The summed E-state index contributed by atoms with van der Waals surface area (Å²) in [6.07, 6.45) is 0.778. The van der Waals surface area contributed by atoms with Crippen molar-refractivity contribution in [2.75, 3.05) is 19.5 Å². The number of aromatic nitrogens is 1. The van der Waals surface area contributed by atoms with Crippen molar-refractivity contribution < 1.29 is 14.3 Å². The van der Waals surface area contributed by atoms with Crippen molar-refractivity contribution >= 4 is 22.3 Å². The van der Waals surface area contributed by atoms with Crippen LogP contribution in [0.2, 0.25) is 0 Å². The molecule has 0 amide bonds. The molecule has 3 aromatic carbocycles. The lowest BCUT2D eigenvalue weighted by Crippen LogP contribution is -2.11. The zero-order valence-corrected chi connectivity index (χ0v) is 18.5. The number of benzene rings is 3. The number of carbonyl (C=O) groups excluding carboxylic acids is 1. The molecular formula is C26H24N2O3S. The quantitative estimate of drug-likeness (QED) is 0.351. The first-order valence-electron chi connectivity index (χ1n) is 10.3. The van der Waals surface area contributed by atoms with E-state index in [0.29, 0.717) is 16.4 Å². The molecule has 162 valence electrons. The van der Waals surface area contributed by atoms with E-state index in [1.807, 2.05) is 60.0 Å². The molecule has 2 N–H and O–H groups in total. The van der Waals surface area contributed by atoms with Crippen molar-refractivity contribution in [2.24, 2.45) is 0 Å². The lowest BCUT2D eigenvalue weighted by Gasteiger charge is -2.17. The third kappa shape index (κ3) is 5.34. The van der Waals surface area contributed by atoms with Crippen molar-refractivity contribution in [3.63, 3.8) is 0 Å². The average Bonchev–Trinajstić information content (AvgIpc) is 3.28. The summed E-state index contributed by atoms with van der Waals surface area (Å²) >= 11 is 1.44. The Balaban J connectivity index is 1.49. The lowest BCUT2D eigenvalue weighted by atomic mass is 9.89. The Labute approximate surface area is 191 Å². The molecule has 0 aliphatic heterocycles. The number of hydrogen-bond donors (Lipinski definition) is 1. The third-order valence-corrected chi connectivity index (χ3v) is 5.94. The molecule has 1 atom stereocenters. The van der Waals surface area contributed by atoms with Crippen LogP contribution < -0.4 is 15.2 Å².